The molecule has 0 saturated carbocycles. The first-order valence-electron chi connectivity index (χ1n) is 2.24. The van der Waals surface area contributed by atoms with Crippen LogP contribution in [0.1, 0.15) is 0 Å². The van der Waals surface area contributed by atoms with Crippen LogP contribution in [0, 0.1) is 0 Å². The Labute approximate surface area is 53.1 Å². The van der Waals surface area contributed by atoms with Gasteiger partial charge in [0.15, 0.2) is 0 Å². The molecule has 0 atom stereocenters. The smallest absolute Gasteiger partial charge is 0.227 e. The highest BCUT2D eigenvalue weighted by molar-refractivity contribution is 8.00. The van der Waals surface area contributed by atoms with E-state index in [1.54, 1.807) is 6.08 Å². The Balaban J connectivity index is 2.93. The lowest BCUT2D eigenvalue weighted by Crippen LogP contribution is -2.13. The van der Waals surface area contributed by atoms with Crippen molar-refractivity contribution in [3.05, 3.63) is 12.7 Å². The SMILES string of the molecule is C=CCSCC(N)=O. The van der Waals surface area contributed by atoms with Crippen LogP contribution in [0.15, 0.2) is 12.7 Å². The Kier molecular flexibility index (Phi) is 4.45. The Morgan fingerprint density at radius 1 is 1.88 bits per heavy atom. The van der Waals surface area contributed by atoms with E-state index in [2.05, 4.69) is 6.58 Å². The van der Waals surface area contributed by atoms with E-state index in [1.807, 2.05) is 0 Å². The van der Waals surface area contributed by atoms with Crippen LogP contribution in [0.3, 0.4) is 0 Å². The maximum absolute atomic E-state index is 10.0. The second-order valence-corrected chi connectivity index (χ2v) is 2.30. The lowest BCUT2D eigenvalue weighted by Gasteiger charge is -1.88. The number of hydrogen-bond donors (Lipinski definition) is 1. The number of hydrogen-bond acceptors (Lipinski definition) is 2. The van der Waals surface area contributed by atoms with Gasteiger partial charge in [0, 0.05) is 5.75 Å². The molecule has 0 aliphatic heterocycles. The highest BCUT2D eigenvalue weighted by Gasteiger charge is 1.89. The van der Waals surface area contributed by atoms with Gasteiger partial charge < -0.3 is 5.73 Å². The Hall–Kier alpha value is -0.440. The summed E-state index contributed by atoms with van der Waals surface area (Å²) in [5, 5.41) is 0. The molecule has 0 aromatic carbocycles. The van der Waals surface area contributed by atoms with Crippen LogP contribution < -0.4 is 5.73 Å². The first-order chi connectivity index (χ1) is 3.77. The first kappa shape index (κ1) is 7.56. The third kappa shape index (κ3) is 5.56. The second-order valence-electron chi connectivity index (χ2n) is 1.27. The maximum Gasteiger partial charge on any atom is 0.227 e. The van der Waals surface area contributed by atoms with Crippen molar-refractivity contribution in [3.63, 3.8) is 0 Å². The molecule has 0 bridgehead atoms. The molecule has 1 amide bonds. The lowest BCUT2D eigenvalue weighted by atomic mass is 10.8. The van der Waals surface area contributed by atoms with Crippen LogP contribution >= 0.6 is 11.8 Å². The number of rotatable bonds is 4. The summed E-state index contributed by atoms with van der Waals surface area (Å²) in [4.78, 5) is 10.0. The Morgan fingerprint density at radius 3 is 2.88 bits per heavy atom. The van der Waals surface area contributed by atoms with Gasteiger partial charge in [-0.25, -0.2) is 0 Å². The second kappa shape index (κ2) is 4.71. The molecule has 2 nitrogen and oxygen atoms in total. The van der Waals surface area contributed by atoms with Crippen LogP contribution in [-0.2, 0) is 4.79 Å². The summed E-state index contributed by atoms with van der Waals surface area (Å²) < 4.78 is 0. The summed E-state index contributed by atoms with van der Waals surface area (Å²) in [7, 11) is 0. The summed E-state index contributed by atoms with van der Waals surface area (Å²) in [6, 6.07) is 0. The molecule has 3 heteroatoms. The summed E-state index contributed by atoms with van der Waals surface area (Å²) in [5.41, 5.74) is 4.84. The largest absolute Gasteiger partial charge is 0.369 e. The zero-order valence-electron chi connectivity index (χ0n) is 4.59. The van der Waals surface area contributed by atoms with Gasteiger partial charge in [0.1, 0.15) is 0 Å². The fraction of sp³-hybridized carbons (Fsp3) is 0.400. The van der Waals surface area contributed by atoms with Gasteiger partial charge in [-0.1, -0.05) is 6.08 Å². The number of nitrogens with two attached hydrogens (primary N) is 1. The van der Waals surface area contributed by atoms with Crippen LogP contribution in [0.25, 0.3) is 0 Å². The molecule has 0 fully saturated rings. The molecule has 0 saturated heterocycles. The Morgan fingerprint density at radius 2 is 2.50 bits per heavy atom. The van der Waals surface area contributed by atoms with E-state index in [9.17, 15) is 4.79 Å². The molecule has 2 N–H and O–H groups in total. The molecule has 46 valence electrons. The number of carbonyl (C=O) groups excluding carboxylic acids is 1. The quantitative estimate of drug-likeness (QED) is 0.443. The predicted molar refractivity (Wildman–Crippen MR) is 36.7 cm³/mol. The molecular weight excluding hydrogens is 122 g/mol. The van der Waals surface area contributed by atoms with Gasteiger partial charge in [0.2, 0.25) is 5.91 Å². The molecular formula is C5H9NOS. The first-order valence-corrected chi connectivity index (χ1v) is 3.39. The van der Waals surface area contributed by atoms with Crippen molar-refractivity contribution in [2.45, 2.75) is 0 Å². The number of thioether (sulfide) groups is 1. The minimum Gasteiger partial charge on any atom is -0.369 e. The van der Waals surface area contributed by atoms with E-state index in [-0.39, 0.29) is 5.91 Å². The average molecular weight is 131 g/mol. The highest BCUT2D eigenvalue weighted by Crippen LogP contribution is 1.96. The summed E-state index contributed by atoms with van der Waals surface area (Å²) >= 11 is 1.47. The van der Waals surface area contributed by atoms with Crippen molar-refractivity contribution >= 4 is 17.7 Å². The summed E-state index contributed by atoms with van der Waals surface area (Å²) in [6.45, 7) is 3.48. The van der Waals surface area contributed by atoms with Crippen molar-refractivity contribution in [1.82, 2.24) is 0 Å². The topological polar surface area (TPSA) is 43.1 Å². The molecule has 0 spiro atoms. The highest BCUT2D eigenvalue weighted by atomic mass is 32.2. The fourth-order valence-corrected chi connectivity index (χ4v) is 0.729. The monoisotopic (exact) mass is 131 g/mol. The molecule has 0 aromatic rings. The normalized spacial score (nSPS) is 8.50. The van der Waals surface area contributed by atoms with Crippen LogP contribution in [0.2, 0.25) is 0 Å². The van der Waals surface area contributed by atoms with Gasteiger partial charge >= 0.3 is 0 Å². The van der Waals surface area contributed by atoms with E-state index in [4.69, 9.17) is 5.73 Å². The summed E-state index contributed by atoms with van der Waals surface area (Å²) in [6.07, 6.45) is 1.74. The van der Waals surface area contributed by atoms with Crippen LogP contribution in [-0.4, -0.2) is 17.4 Å². The van der Waals surface area contributed by atoms with Gasteiger partial charge in [-0.2, -0.15) is 0 Å². The average Bonchev–Trinajstić information content (AvgIpc) is 1.66. The molecule has 0 heterocycles. The standard InChI is InChI=1S/C5H9NOS/c1-2-3-8-4-5(6)7/h2H,1,3-4H2,(H2,6,7). The number of amides is 1. The minimum absolute atomic E-state index is 0.267. The van der Waals surface area contributed by atoms with E-state index in [0.717, 1.165) is 5.75 Å². The molecule has 0 unspecified atom stereocenters. The van der Waals surface area contributed by atoms with Crippen molar-refractivity contribution in [2.24, 2.45) is 5.73 Å². The molecule has 0 aromatic heterocycles. The van der Waals surface area contributed by atoms with E-state index in [1.165, 1.54) is 11.8 Å². The Bertz CT molecular complexity index is 92.4. The van der Waals surface area contributed by atoms with Gasteiger partial charge in [0.25, 0.3) is 0 Å². The van der Waals surface area contributed by atoms with E-state index in [0.29, 0.717) is 5.75 Å². The fourth-order valence-electron chi connectivity index (χ4n) is 0.243. The molecule has 8 heavy (non-hydrogen) atoms. The number of carbonyl (C=O) groups is 1. The van der Waals surface area contributed by atoms with Crippen molar-refractivity contribution in [3.8, 4) is 0 Å². The zero-order chi connectivity index (χ0) is 6.41. The molecule has 0 aliphatic rings. The maximum atomic E-state index is 10.0. The minimum atomic E-state index is -0.267. The van der Waals surface area contributed by atoms with E-state index < -0.39 is 0 Å². The molecule has 0 radical (unpaired) electrons. The van der Waals surface area contributed by atoms with E-state index >= 15 is 0 Å². The zero-order valence-corrected chi connectivity index (χ0v) is 5.41. The number of primary amides is 1. The lowest BCUT2D eigenvalue weighted by molar-refractivity contribution is -0.115. The van der Waals surface area contributed by atoms with Gasteiger partial charge in [-0.15, -0.1) is 18.3 Å². The van der Waals surface area contributed by atoms with Gasteiger partial charge in [-0.05, 0) is 0 Å². The van der Waals surface area contributed by atoms with Gasteiger partial charge in [-0.3, -0.25) is 4.79 Å². The summed E-state index contributed by atoms with van der Waals surface area (Å²) in [5.74, 6) is 0.923. The molecule has 0 rings (SSSR count). The third-order valence-electron chi connectivity index (χ3n) is 0.480. The predicted octanol–water partition coefficient (Wildman–Crippen LogP) is 0.391. The van der Waals surface area contributed by atoms with Crippen LogP contribution in [0.5, 0.6) is 0 Å². The van der Waals surface area contributed by atoms with Crippen LogP contribution in [0.4, 0.5) is 0 Å². The van der Waals surface area contributed by atoms with Crippen molar-refractivity contribution in [2.75, 3.05) is 11.5 Å². The van der Waals surface area contributed by atoms with Crippen molar-refractivity contribution < 1.29 is 4.79 Å². The molecule has 0 aliphatic carbocycles. The third-order valence-corrected chi connectivity index (χ3v) is 1.44. The van der Waals surface area contributed by atoms with Crippen molar-refractivity contribution in [1.29, 1.82) is 0 Å². The van der Waals surface area contributed by atoms with Gasteiger partial charge in [0.05, 0.1) is 5.75 Å².